The zero-order valence-electron chi connectivity index (χ0n) is 31.2. The molecule has 8 aromatic carbocycles. The van der Waals surface area contributed by atoms with E-state index in [4.69, 9.17) is 9.40 Å². The summed E-state index contributed by atoms with van der Waals surface area (Å²) < 4.78 is 13.6. The Morgan fingerprint density at radius 3 is 1.43 bits per heavy atom. The molecule has 58 heavy (non-hydrogen) atoms. The van der Waals surface area contributed by atoms with Crippen LogP contribution in [0.15, 0.2) is 199 Å². The van der Waals surface area contributed by atoms with Crippen molar-refractivity contribution in [3.63, 3.8) is 0 Å². The van der Waals surface area contributed by atoms with Gasteiger partial charge in [-0.3, -0.25) is 4.57 Å². The molecule has 0 aliphatic rings. The second-order valence-corrected chi connectivity index (χ2v) is 15.1. The summed E-state index contributed by atoms with van der Waals surface area (Å²) in [6.45, 7) is 0. The molecule has 0 atom stereocenters. The van der Waals surface area contributed by atoms with Crippen LogP contribution in [0.3, 0.4) is 0 Å². The Morgan fingerprint density at radius 2 is 0.793 bits per heavy atom. The molecule has 0 amide bonds. The first-order valence-electron chi connectivity index (χ1n) is 19.7. The summed E-state index contributed by atoms with van der Waals surface area (Å²) in [5, 5.41) is 9.47. The van der Waals surface area contributed by atoms with E-state index in [0.717, 1.165) is 66.9 Å². The highest BCUT2D eigenvalue weighted by Crippen LogP contribution is 2.41. The molecule has 0 saturated heterocycles. The lowest BCUT2D eigenvalue weighted by Gasteiger charge is -2.13. The number of hydrogen-bond acceptors (Lipinski definition) is 2. The first kappa shape index (κ1) is 31.3. The van der Waals surface area contributed by atoms with Gasteiger partial charge in [-0.2, -0.15) is 0 Å². The third-order valence-corrected chi connectivity index (χ3v) is 12.0. The van der Waals surface area contributed by atoms with E-state index >= 15 is 0 Å². The van der Waals surface area contributed by atoms with E-state index < -0.39 is 0 Å². The van der Waals surface area contributed by atoms with Crippen molar-refractivity contribution in [1.82, 2.24) is 18.7 Å². The predicted octanol–water partition coefficient (Wildman–Crippen LogP) is 13.9. The quantitative estimate of drug-likeness (QED) is 0.180. The van der Waals surface area contributed by atoms with Crippen molar-refractivity contribution in [2.75, 3.05) is 0 Å². The van der Waals surface area contributed by atoms with E-state index in [2.05, 4.69) is 196 Å². The number of rotatable bonds is 4. The van der Waals surface area contributed by atoms with Crippen molar-refractivity contribution >= 4 is 87.4 Å². The van der Waals surface area contributed by atoms with Crippen LogP contribution in [0.2, 0.25) is 0 Å². The van der Waals surface area contributed by atoms with Crippen molar-refractivity contribution < 1.29 is 4.42 Å². The third-order valence-electron chi connectivity index (χ3n) is 12.0. The number of nitrogens with zero attached hydrogens (tertiary/aromatic N) is 4. The van der Waals surface area contributed by atoms with E-state index in [0.29, 0.717) is 0 Å². The fraction of sp³-hybridized carbons (Fsp3) is 0. The molecule has 0 aliphatic heterocycles. The fourth-order valence-corrected chi connectivity index (χ4v) is 9.57. The molecule has 13 rings (SSSR count). The van der Waals surface area contributed by atoms with Gasteiger partial charge < -0.3 is 13.6 Å². The lowest BCUT2D eigenvalue weighted by molar-refractivity contribution is 0.670. The van der Waals surface area contributed by atoms with Crippen molar-refractivity contribution in [3.05, 3.63) is 194 Å². The van der Waals surface area contributed by atoms with Crippen LogP contribution < -0.4 is 0 Å². The zero-order valence-corrected chi connectivity index (χ0v) is 31.2. The standard InChI is InChI=1S/C53H32N4O/c1-6-24-45-35(16-1)36-17-2-7-25-46(36)55(45)33-14-11-15-34(30-33)56-47-26-8-3-18-37(47)42-32-50-43(31-49(42)56)38-19-4-9-27-48(38)57(50)52-29-13-23-44(54-52)41-22-12-21-40-39-20-5-10-28-51(39)58-53(40)41/h1-32H. The largest absolute Gasteiger partial charge is 0.455 e. The molecule has 5 heteroatoms. The smallest absolute Gasteiger partial charge is 0.144 e. The van der Waals surface area contributed by atoms with E-state index in [-0.39, 0.29) is 0 Å². The second kappa shape index (κ2) is 11.8. The van der Waals surface area contributed by atoms with Crippen molar-refractivity contribution in [1.29, 1.82) is 0 Å². The first-order chi connectivity index (χ1) is 28.8. The summed E-state index contributed by atoms with van der Waals surface area (Å²) in [5.74, 6) is 0.860. The Balaban J connectivity index is 1.04. The Labute approximate surface area is 331 Å². The predicted molar refractivity (Wildman–Crippen MR) is 240 cm³/mol. The van der Waals surface area contributed by atoms with Gasteiger partial charge in [-0.1, -0.05) is 115 Å². The lowest BCUT2D eigenvalue weighted by atomic mass is 10.1. The maximum atomic E-state index is 6.45. The number of furan rings is 1. The summed E-state index contributed by atoms with van der Waals surface area (Å²) >= 11 is 0. The highest BCUT2D eigenvalue weighted by atomic mass is 16.3. The van der Waals surface area contributed by atoms with Crippen LogP contribution >= 0.6 is 0 Å². The Bertz CT molecular complexity index is 3770. The monoisotopic (exact) mass is 740 g/mol. The van der Waals surface area contributed by atoms with Gasteiger partial charge in [-0.05, 0) is 78.9 Å². The average molecular weight is 741 g/mol. The van der Waals surface area contributed by atoms with E-state index in [1.54, 1.807) is 0 Å². The Kier molecular flexibility index (Phi) is 6.38. The molecule has 0 unspecified atom stereocenters. The summed E-state index contributed by atoms with van der Waals surface area (Å²) in [6, 6.07) is 69.4. The minimum absolute atomic E-state index is 0.854. The van der Waals surface area contributed by atoms with Gasteiger partial charge >= 0.3 is 0 Å². The Morgan fingerprint density at radius 1 is 0.328 bits per heavy atom. The van der Waals surface area contributed by atoms with Crippen LogP contribution in [0.25, 0.3) is 116 Å². The molecule has 0 spiro atoms. The van der Waals surface area contributed by atoms with Crippen LogP contribution in [-0.4, -0.2) is 18.7 Å². The van der Waals surface area contributed by atoms with Crippen molar-refractivity contribution in [2.24, 2.45) is 0 Å². The van der Waals surface area contributed by atoms with Gasteiger partial charge in [0.1, 0.15) is 17.0 Å². The molecule has 5 heterocycles. The number of fused-ring (bicyclic) bond motifs is 12. The van der Waals surface area contributed by atoms with Gasteiger partial charge in [-0.15, -0.1) is 0 Å². The van der Waals surface area contributed by atoms with Gasteiger partial charge in [0, 0.05) is 60.0 Å². The molecular formula is C53H32N4O. The van der Waals surface area contributed by atoms with Gasteiger partial charge in [0.2, 0.25) is 0 Å². The van der Waals surface area contributed by atoms with Crippen molar-refractivity contribution in [3.8, 4) is 28.5 Å². The molecule has 5 aromatic heterocycles. The highest BCUT2D eigenvalue weighted by Gasteiger charge is 2.21. The number of hydrogen-bond donors (Lipinski definition) is 0. The second-order valence-electron chi connectivity index (χ2n) is 15.1. The van der Waals surface area contributed by atoms with E-state index in [1.165, 1.54) is 48.9 Å². The van der Waals surface area contributed by atoms with E-state index in [1.807, 2.05) is 12.1 Å². The molecule has 0 saturated carbocycles. The van der Waals surface area contributed by atoms with Crippen LogP contribution in [0.1, 0.15) is 0 Å². The summed E-state index contributed by atoms with van der Waals surface area (Å²) in [5.41, 5.74) is 12.8. The maximum absolute atomic E-state index is 6.45. The summed E-state index contributed by atoms with van der Waals surface area (Å²) in [7, 11) is 0. The van der Waals surface area contributed by atoms with E-state index in [9.17, 15) is 0 Å². The molecule has 5 nitrogen and oxygen atoms in total. The first-order valence-corrected chi connectivity index (χ1v) is 19.7. The summed E-state index contributed by atoms with van der Waals surface area (Å²) in [4.78, 5) is 5.37. The topological polar surface area (TPSA) is 40.8 Å². The third kappa shape index (κ3) is 4.33. The number of pyridine rings is 1. The lowest BCUT2D eigenvalue weighted by Crippen LogP contribution is -1.99. The zero-order chi connectivity index (χ0) is 37.9. The minimum Gasteiger partial charge on any atom is -0.455 e. The van der Waals surface area contributed by atoms with Crippen LogP contribution in [-0.2, 0) is 0 Å². The normalized spacial score (nSPS) is 12.1. The SMILES string of the molecule is c1cc(-n2c3ccccc3c3ccccc32)cc(-n2c3ccccc3c3cc4c(cc32)c2ccccc2n4-c2cccc(-c3cccc4c3oc3ccccc34)n2)c1. The fourth-order valence-electron chi connectivity index (χ4n) is 9.57. The number of aromatic nitrogens is 4. The van der Waals surface area contributed by atoms with Crippen LogP contribution in [0.4, 0.5) is 0 Å². The molecule has 0 N–H and O–H groups in total. The highest BCUT2D eigenvalue weighted by molar-refractivity contribution is 6.19. The molecule has 0 bridgehead atoms. The maximum Gasteiger partial charge on any atom is 0.144 e. The molecule has 0 radical (unpaired) electrons. The molecule has 270 valence electrons. The van der Waals surface area contributed by atoms with Crippen LogP contribution in [0, 0.1) is 0 Å². The molecule has 0 aliphatic carbocycles. The molecular weight excluding hydrogens is 709 g/mol. The van der Waals surface area contributed by atoms with Gasteiger partial charge in [0.05, 0.1) is 38.8 Å². The van der Waals surface area contributed by atoms with Crippen LogP contribution in [0.5, 0.6) is 0 Å². The number of para-hydroxylation sites is 6. The molecule has 13 aromatic rings. The molecule has 0 fully saturated rings. The van der Waals surface area contributed by atoms with Gasteiger partial charge in [-0.25, -0.2) is 4.98 Å². The summed E-state index contributed by atoms with van der Waals surface area (Å²) in [6.07, 6.45) is 0. The average Bonchev–Trinajstić information content (AvgIpc) is 4.02. The minimum atomic E-state index is 0.854. The van der Waals surface area contributed by atoms with Gasteiger partial charge in [0.15, 0.2) is 0 Å². The Hall–Kier alpha value is -7.89. The van der Waals surface area contributed by atoms with Gasteiger partial charge in [0.25, 0.3) is 0 Å². The number of benzene rings is 8. The van der Waals surface area contributed by atoms with Crippen molar-refractivity contribution in [2.45, 2.75) is 0 Å².